The van der Waals surface area contributed by atoms with Gasteiger partial charge in [-0.2, -0.15) is 0 Å². The minimum atomic E-state index is -0.223. The van der Waals surface area contributed by atoms with Crippen LogP contribution in [0.3, 0.4) is 0 Å². The van der Waals surface area contributed by atoms with Crippen LogP contribution in [0.5, 0.6) is 17.2 Å². The van der Waals surface area contributed by atoms with Gasteiger partial charge in [-0.15, -0.1) is 0 Å². The van der Waals surface area contributed by atoms with Crippen LogP contribution in [0.2, 0.25) is 0 Å². The lowest BCUT2D eigenvalue weighted by Gasteiger charge is -2.36. The van der Waals surface area contributed by atoms with E-state index in [1.807, 2.05) is 17.0 Å². The molecule has 0 aliphatic carbocycles. The van der Waals surface area contributed by atoms with E-state index in [1.165, 1.54) is 0 Å². The summed E-state index contributed by atoms with van der Waals surface area (Å²) in [7, 11) is 6.53. The summed E-state index contributed by atoms with van der Waals surface area (Å²) in [4.78, 5) is 56.9. The molecule has 2 bridgehead atoms. The largest absolute Gasteiger partial charge is 0.493 e. The Hall–Kier alpha value is -4.59. The zero-order valence-electron chi connectivity index (χ0n) is 29.8. The Labute approximate surface area is 293 Å². The van der Waals surface area contributed by atoms with E-state index in [1.54, 1.807) is 51.1 Å². The highest BCUT2D eigenvalue weighted by molar-refractivity contribution is 5.94. The summed E-state index contributed by atoms with van der Waals surface area (Å²) in [6, 6.07) is 3.90. The third-order valence-electron chi connectivity index (χ3n) is 10.2. The molecule has 2 saturated heterocycles. The number of amides is 3. The maximum atomic E-state index is 14.4. The number of fused-ring (bicyclic) bond motifs is 5. The van der Waals surface area contributed by atoms with Crippen molar-refractivity contribution >= 4 is 34.4 Å². The van der Waals surface area contributed by atoms with Crippen LogP contribution >= 0.6 is 0 Å². The highest BCUT2D eigenvalue weighted by Crippen LogP contribution is 2.44. The summed E-state index contributed by atoms with van der Waals surface area (Å²) in [5, 5.41) is 3.87. The third kappa shape index (κ3) is 7.30. The molecule has 1 atom stereocenters. The van der Waals surface area contributed by atoms with Gasteiger partial charge in [-0.1, -0.05) is 0 Å². The van der Waals surface area contributed by atoms with Gasteiger partial charge in [-0.05, 0) is 44.6 Å². The van der Waals surface area contributed by atoms with Crippen molar-refractivity contribution in [1.29, 1.82) is 0 Å². The van der Waals surface area contributed by atoms with Crippen molar-refractivity contribution in [2.24, 2.45) is 18.9 Å². The number of benzene rings is 1. The van der Waals surface area contributed by atoms with Crippen LogP contribution in [0.15, 0.2) is 18.5 Å². The van der Waals surface area contributed by atoms with E-state index in [2.05, 4.69) is 15.2 Å². The van der Waals surface area contributed by atoms with Crippen molar-refractivity contribution in [1.82, 2.24) is 29.7 Å². The smallest absolute Gasteiger partial charge is 0.272 e. The number of methoxy groups -OCH3 is 3. The van der Waals surface area contributed by atoms with Crippen molar-refractivity contribution in [3.63, 3.8) is 0 Å². The number of carbonyl (C=O) groups is 3. The lowest BCUT2D eigenvalue weighted by Crippen LogP contribution is -2.45. The van der Waals surface area contributed by atoms with Gasteiger partial charge in [0.25, 0.3) is 5.91 Å². The monoisotopic (exact) mass is 691 g/mol. The molecule has 1 aromatic carbocycles. The van der Waals surface area contributed by atoms with Crippen LogP contribution in [-0.2, 0) is 27.9 Å². The van der Waals surface area contributed by atoms with Crippen LogP contribution in [-0.4, -0.2) is 116 Å². The first-order valence-corrected chi connectivity index (χ1v) is 17.5. The number of nitrogens with zero attached hydrogens (tertiary/aromatic N) is 6. The fraction of sp³-hybridized carbons (Fsp3) is 0.583. The topological polar surface area (TPSA) is 141 Å². The number of piperidine rings is 1. The maximum Gasteiger partial charge on any atom is 0.272 e. The number of hydrogen-bond acceptors (Lipinski definition) is 10. The molecule has 3 amide bonds. The molecular formula is C36H49N7O7. The first-order chi connectivity index (χ1) is 24.2. The SMILES string of the molecule is COc1cc2nc3c(cc2c(OC)c1OC)CN(C(=O)C1CCOCC1)CCN(C(=O)c1c(C)ncn1C)CCC(=O)NCC1CCCN3C1. The molecule has 2 fully saturated rings. The number of anilines is 1. The van der Waals surface area contributed by atoms with Gasteiger partial charge in [0, 0.05) is 95.4 Å². The molecule has 3 aliphatic rings. The zero-order chi connectivity index (χ0) is 35.4. The number of nitrogens with one attached hydrogen (secondary N) is 1. The number of carbonyl (C=O) groups excluding carboxylic acids is 3. The van der Waals surface area contributed by atoms with Crippen LogP contribution in [0.25, 0.3) is 10.9 Å². The lowest BCUT2D eigenvalue weighted by molar-refractivity contribution is -0.139. The van der Waals surface area contributed by atoms with Gasteiger partial charge in [-0.3, -0.25) is 14.4 Å². The molecule has 2 aromatic heterocycles. The number of pyridine rings is 1. The highest BCUT2D eigenvalue weighted by Gasteiger charge is 2.32. The van der Waals surface area contributed by atoms with Gasteiger partial charge >= 0.3 is 0 Å². The molecule has 14 heteroatoms. The molecular weight excluding hydrogens is 642 g/mol. The second kappa shape index (κ2) is 15.5. The standard InChI is InChI=1S/C36H49N7O7/c1-23-31(40(2)22-38-23)36(46)41-12-8-30(44)37-19-24-7-6-11-42(20-24)34-26(21-43(14-13-41)35(45)25-9-15-50-16-10-25)17-27-28(39-34)18-29(47-3)33(49-5)32(27)48-4/h17-18,22,24-25H,6-16,19-21H2,1-5H3,(H,37,44). The van der Waals surface area contributed by atoms with Crippen LogP contribution < -0.4 is 24.4 Å². The first-order valence-electron chi connectivity index (χ1n) is 17.5. The van der Waals surface area contributed by atoms with E-state index < -0.39 is 0 Å². The Kier molecular flexibility index (Phi) is 10.9. The van der Waals surface area contributed by atoms with Gasteiger partial charge in [0.15, 0.2) is 11.5 Å². The van der Waals surface area contributed by atoms with Crippen LogP contribution in [0.1, 0.15) is 53.8 Å². The average molecular weight is 692 g/mol. The Balaban J connectivity index is 1.46. The van der Waals surface area contributed by atoms with Crippen molar-refractivity contribution in [3.05, 3.63) is 35.4 Å². The molecule has 0 saturated carbocycles. The second-order valence-electron chi connectivity index (χ2n) is 13.4. The summed E-state index contributed by atoms with van der Waals surface area (Å²) in [6.45, 7) is 5.88. The van der Waals surface area contributed by atoms with E-state index in [9.17, 15) is 14.4 Å². The Morgan fingerprint density at radius 3 is 2.42 bits per heavy atom. The Morgan fingerprint density at radius 2 is 1.72 bits per heavy atom. The van der Waals surface area contributed by atoms with E-state index in [0.29, 0.717) is 73.3 Å². The van der Waals surface area contributed by atoms with Gasteiger partial charge in [-0.25, -0.2) is 9.97 Å². The molecule has 0 radical (unpaired) electrons. The average Bonchev–Trinajstić information content (AvgIpc) is 3.48. The minimum absolute atomic E-state index is 0.0151. The van der Waals surface area contributed by atoms with Crippen LogP contribution in [0.4, 0.5) is 5.82 Å². The maximum absolute atomic E-state index is 14.4. The molecule has 1 unspecified atom stereocenters. The quantitative estimate of drug-likeness (QED) is 0.425. The first kappa shape index (κ1) is 35.2. The molecule has 50 heavy (non-hydrogen) atoms. The number of aromatic nitrogens is 3. The predicted molar refractivity (Wildman–Crippen MR) is 187 cm³/mol. The van der Waals surface area contributed by atoms with Gasteiger partial charge in [0.2, 0.25) is 17.6 Å². The van der Waals surface area contributed by atoms with Gasteiger partial charge < -0.3 is 43.5 Å². The number of imidazole rings is 1. The normalized spacial score (nSPS) is 19.7. The van der Waals surface area contributed by atoms with E-state index >= 15 is 0 Å². The van der Waals surface area contributed by atoms with Crippen molar-refractivity contribution in [3.8, 4) is 17.2 Å². The third-order valence-corrected chi connectivity index (χ3v) is 10.2. The number of hydrogen-bond donors (Lipinski definition) is 1. The zero-order valence-corrected chi connectivity index (χ0v) is 29.8. The van der Waals surface area contributed by atoms with Crippen molar-refractivity contribution in [2.75, 3.05) is 78.7 Å². The van der Waals surface area contributed by atoms with E-state index in [4.69, 9.17) is 23.9 Å². The van der Waals surface area contributed by atoms with Crippen LogP contribution in [0, 0.1) is 18.8 Å². The van der Waals surface area contributed by atoms with Gasteiger partial charge in [0.05, 0.1) is 38.9 Å². The molecule has 5 heterocycles. The molecule has 3 aliphatic heterocycles. The number of rotatable bonds is 5. The van der Waals surface area contributed by atoms with Gasteiger partial charge in [0.1, 0.15) is 11.5 Å². The highest BCUT2D eigenvalue weighted by atomic mass is 16.5. The Morgan fingerprint density at radius 1 is 0.960 bits per heavy atom. The Bertz CT molecular complexity index is 1700. The van der Waals surface area contributed by atoms with E-state index in [-0.39, 0.29) is 62.2 Å². The summed E-state index contributed by atoms with van der Waals surface area (Å²) in [5.41, 5.74) is 2.62. The molecule has 270 valence electrons. The fourth-order valence-corrected chi connectivity index (χ4v) is 7.45. The summed E-state index contributed by atoms with van der Waals surface area (Å²) in [5.74, 6) is 1.94. The second-order valence-corrected chi connectivity index (χ2v) is 13.4. The van der Waals surface area contributed by atoms with E-state index in [0.717, 1.165) is 36.2 Å². The fourth-order valence-electron chi connectivity index (χ4n) is 7.45. The number of aryl methyl sites for hydroxylation is 2. The van der Waals surface area contributed by atoms with Crippen molar-refractivity contribution in [2.45, 2.75) is 45.6 Å². The molecule has 1 N–H and O–H groups in total. The minimum Gasteiger partial charge on any atom is -0.493 e. The summed E-state index contributed by atoms with van der Waals surface area (Å²) >= 11 is 0. The lowest BCUT2D eigenvalue weighted by atomic mass is 9.96. The predicted octanol–water partition coefficient (Wildman–Crippen LogP) is 2.94. The van der Waals surface area contributed by atoms with Crippen molar-refractivity contribution < 1.29 is 33.3 Å². The summed E-state index contributed by atoms with van der Waals surface area (Å²) in [6.07, 6.45) is 4.94. The number of ether oxygens (including phenoxy) is 4. The molecule has 3 aromatic rings. The molecule has 14 nitrogen and oxygen atoms in total. The molecule has 6 rings (SSSR count). The molecule has 0 spiro atoms. The summed E-state index contributed by atoms with van der Waals surface area (Å²) < 4.78 is 24.6.